The van der Waals surface area contributed by atoms with Gasteiger partial charge in [-0.05, 0) is 0 Å². The van der Waals surface area contributed by atoms with Gasteiger partial charge in [-0.15, -0.1) is 0 Å². The molecule has 0 unspecified atom stereocenters. The summed E-state index contributed by atoms with van der Waals surface area (Å²) in [4.78, 5) is 29.3. The van der Waals surface area contributed by atoms with Crippen molar-refractivity contribution in [3.63, 3.8) is 0 Å². The number of nitrogens with two attached hydrogens (primary N) is 1. The molecule has 7 heteroatoms. The molecule has 10 heavy (non-hydrogen) atoms. The summed E-state index contributed by atoms with van der Waals surface area (Å²) < 4.78 is 1.36. The zero-order valence-corrected chi connectivity index (χ0v) is 8.99. The summed E-state index contributed by atoms with van der Waals surface area (Å²) in [6.45, 7) is 0.878. The van der Waals surface area contributed by atoms with E-state index < -0.39 is 9.05 Å². The molecule has 0 atom stereocenters. The van der Waals surface area contributed by atoms with E-state index in [2.05, 4.69) is 0 Å². The van der Waals surface area contributed by atoms with Crippen LogP contribution in [0.3, 0.4) is 0 Å². The van der Waals surface area contributed by atoms with Crippen LogP contribution in [0.15, 0.2) is 0 Å². The Morgan fingerprint density at radius 2 is 1.50 bits per heavy atom. The maximum Gasteiger partial charge on any atom is 0.668 e. The molecule has 58 valence electrons. The second-order valence-corrected chi connectivity index (χ2v) is 3.94. The Balaban J connectivity index is 0. The van der Waals surface area contributed by atoms with Crippen molar-refractivity contribution in [2.24, 2.45) is 5.73 Å². The molecule has 0 spiro atoms. The third kappa shape index (κ3) is 63.7. The molecule has 0 aromatic carbocycles. The van der Waals surface area contributed by atoms with Crippen molar-refractivity contribution in [1.29, 1.82) is 0 Å². The Labute approximate surface area is 78.4 Å². The Kier molecular flexibility index (Phi) is 11.0. The zero-order valence-electron chi connectivity index (χ0n) is 5.99. The van der Waals surface area contributed by atoms with Gasteiger partial charge < -0.3 is 19.2 Å². The van der Waals surface area contributed by atoms with Gasteiger partial charge in [0.2, 0.25) is 0 Å². The van der Waals surface area contributed by atoms with Gasteiger partial charge in [0.1, 0.15) is 0 Å². The van der Waals surface area contributed by atoms with E-state index in [1.807, 2.05) is 0 Å². The van der Waals surface area contributed by atoms with Crippen LogP contribution in [-0.2, 0) is 0 Å². The van der Waals surface area contributed by atoms with Gasteiger partial charge in [0.05, 0.1) is 0 Å². The van der Waals surface area contributed by atoms with Crippen molar-refractivity contribution >= 4 is 37.0 Å². The first-order valence-corrected chi connectivity index (χ1v) is 6.21. The summed E-state index contributed by atoms with van der Waals surface area (Å²) >= 11 is 1.32. The Bertz CT molecular complexity index is 60.0. The summed E-state index contributed by atoms with van der Waals surface area (Å²) in [5.41, 5.74) is 5.16. The zero-order chi connectivity index (χ0) is 8.62. The largest absolute Gasteiger partial charge is 0.668 e. The van der Waals surface area contributed by atoms with Crippen molar-refractivity contribution in [3.05, 3.63) is 0 Å². The summed E-state index contributed by atoms with van der Waals surface area (Å²) in [6, 6.07) is 0. The molecule has 0 heterocycles. The standard InChI is InChI=1S/C3H8N.Na.H4O4Si/c1-2-3-4;;1-5(2,3)4/h1-4H2;;1-4H. The van der Waals surface area contributed by atoms with E-state index in [0.29, 0.717) is 0 Å². The fourth-order valence-electron chi connectivity index (χ4n) is 0.204. The van der Waals surface area contributed by atoms with E-state index in [4.69, 9.17) is 24.9 Å². The van der Waals surface area contributed by atoms with Crippen molar-refractivity contribution in [2.75, 3.05) is 6.54 Å². The molecule has 0 aromatic rings. The van der Waals surface area contributed by atoms with Crippen molar-refractivity contribution in [2.45, 2.75) is 10.1 Å². The first kappa shape index (κ1) is 13.6. The Hall–Kier alpha value is 1.02. The fraction of sp³-hybridized carbons (Fsp3) is 1.00. The molecular weight excluding hydrogens is 165 g/mol. The SMILES string of the molecule is NCC[CH2][Na].O[Si](O)(O)O. The Morgan fingerprint density at radius 3 is 1.50 bits per heavy atom. The van der Waals surface area contributed by atoms with Crippen molar-refractivity contribution < 1.29 is 19.2 Å². The van der Waals surface area contributed by atoms with Crippen LogP contribution in [0.4, 0.5) is 0 Å². The molecule has 0 saturated carbocycles. The minimum atomic E-state index is -4.61. The first-order chi connectivity index (χ1) is 4.41. The molecule has 5 nitrogen and oxygen atoms in total. The van der Waals surface area contributed by atoms with Crippen LogP contribution in [0.1, 0.15) is 6.42 Å². The third-order valence-corrected chi connectivity index (χ3v) is 1.26. The average Bonchev–Trinajstić information content (AvgIpc) is 1.63. The van der Waals surface area contributed by atoms with Crippen LogP contribution in [0.2, 0.25) is 3.67 Å². The molecule has 0 bridgehead atoms. The van der Waals surface area contributed by atoms with Crippen molar-refractivity contribution in [3.8, 4) is 0 Å². The molecule has 0 aromatic heterocycles. The van der Waals surface area contributed by atoms with E-state index in [-0.39, 0.29) is 0 Å². The van der Waals surface area contributed by atoms with Gasteiger partial charge in [-0.3, -0.25) is 0 Å². The van der Waals surface area contributed by atoms with E-state index in [1.165, 1.54) is 38.0 Å². The monoisotopic (exact) mass is 177 g/mol. The number of rotatable bonds is 2. The molecule has 0 aliphatic rings. The fourth-order valence-corrected chi connectivity index (χ4v) is 0.612. The van der Waals surface area contributed by atoms with Gasteiger partial charge in [-0.25, -0.2) is 0 Å². The molecule has 0 radical (unpaired) electrons. The van der Waals surface area contributed by atoms with Crippen LogP contribution in [0, 0.1) is 0 Å². The molecule has 0 amide bonds. The minimum Gasteiger partial charge on any atom is -0.368 e. The van der Waals surface area contributed by atoms with Crippen LogP contribution in [-0.4, -0.2) is 62.7 Å². The van der Waals surface area contributed by atoms with Crippen LogP contribution in [0.25, 0.3) is 0 Å². The predicted octanol–water partition coefficient (Wildman–Crippen LogP) is -2.69. The maximum absolute atomic E-state index is 7.33. The molecule has 0 rings (SSSR count). The second-order valence-electron chi connectivity index (χ2n) is 1.74. The predicted molar refractivity (Wildman–Crippen MR) is 38.9 cm³/mol. The molecule has 0 saturated heterocycles. The molecule has 0 aliphatic carbocycles. The van der Waals surface area contributed by atoms with Gasteiger partial charge in [0.25, 0.3) is 0 Å². The number of hydrogen-bond acceptors (Lipinski definition) is 5. The molecule has 0 aliphatic heterocycles. The topological polar surface area (TPSA) is 107 Å². The average molecular weight is 177 g/mol. The number of hydrogen-bond donors (Lipinski definition) is 5. The first-order valence-electron chi connectivity index (χ1n) is 3.01. The van der Waals surface area contributed by atoms with Gasteiger partial charge >= 0.3 is 59.3 Å². The smallest absolute Gasteiger partial charge is 0.368 e. The van der Waals surface area contributed by atoms with Gasteiger partial charge in [0, 0.05) is 0 Å². The summed E-state index contributed by atoms with van der Waals surface area (Å²) in [5, 5.41) is 0. The summed E-state index contributed by atoms with van der Waals surface area (Å²) in [5.74, 6) is 0. The van der Waals surface area contributed by atoms with E-state index in [1.54, 1.807) is 0 Å². The van der Waals surface area contributed by atoms with E-state index >= 15 is 0 Å². The van der Waals surface area contributed by atoms with Crippen LogP contribution < -0.4 is 5.73 Å². The normalized spacial score (nSPS) is 10.3. The van der Waals surface area contributed by atoms with Gasteiger partial charge in [-0.1, -0.05) is 0 Å². The molecular formula is C3H12NNaO4Si. The van der Waals surface area contributed by atoms with Crippen LogP contribution in [0.5, 0.6) is 0 Å². The van der Waals surface area contributed by atoms with Crippen molar-refractivity contribution in [1.82, 2.24) is 0 Å². The minimum absolute atomic E-state index is 0.878. The van der Waals surface area contributed by atoms with Crippen LogP contribution >= 0.6 is 0 Å². The summed E-state index contributed by atoms with van der Waals surface area (Å²) in [6.07, 6.45) is 1.23. The second kappa shape index (κ2) is 8.12. The van der Waals surface area contributed by atoms with E-state index in [0.717, 1.165) is 6.54 Å². The molecule has 6 N–H and O–H groups in total. The third-order valence-electron chi connectivity index (χ3n) is 0.558. The molecule has 0 fully saturated rings. The van der Waals surface area contributed by atoms with E-state index in [9.17, 15) is 0 Å². The van der Waals surface area contributed by atoms with Gasteiger partial charge in [-0.2, -0.15) is 0 Å². The quantitative estimate of drug-likeness (QED) is 0.295. The summed E-state index contributed by atoms with van der Waals surface area (Å²) in [7, 11) is -4.61. The van der Waals surface area contributed by atoms with Gasteiger partial charge in [0.15, 0.2) is 0 Å². The maximum atomic E-state index is 7.33. The Morgan fingerprint density at radius 1 is 1.20 bits per heavy atom.